The molecule has 2 aromatic rings. The lowest BCUT2D eigenvalue weighted by Crippen LogP contribution is -2.22. The third-order valence-electron chi connectivity index (χ3n) is 2.86. The van der Waals surface area contributed by atoms with Gasteiger partial charge in [-0.1, -0.05) is 42.3 Å². The van der Waals surface area contributed by atoms with Crippen molar-refractivity contribution in [3.8, 4) is 0 Å². The molecule has 2 aromatic carbocycles. The molecule has 100 valence electrons. The molecule has 0 fully saturated rings. The number of hydrogen-bond donors (Lipinski definition) is 1. The van der Waals surface area contributed by atoms with Crippen LogP contribution < -0.4 is 5.32 Å². The summed E-state index contributed by atoms with van der Waals surface area (Å²) in [6, 6.07) is 14.0. The summed E-state index contributed by atoms with van der Waals surface area (Å²) in [4.78, 5) is 0. The van der Waals surface area contributed by atoms with Gasteiger partial charge >= 0.3 is 0 Å². The molecule has 0 heterocycles. The van der Waals surface area contributed by atoms with Crippen molar-refractivity contribution >= 4 is 45.8 Å². The van der Waals surface area contributed by atoms with Gasteiger partial charge in [0.1, 0.15) is 0 Å². The highest BCUT2D eigenvalue weighted by Gasteiger charge is 2.16. The van der Waals surface area contributed by atoms with Gasteiger partial charge in [0.15, 0.2) is 0 Å². The Morgan fingerprint density at radius 1 is 1.11 bits per heavy atom. The number of hydrogen-bond acceptors (Lipinski definition) is 1. The molecule has 1 unspecified atom stereocenters. The Bertz CT molecular complexity index is 572. The lowest BCUT2D eigenvalue weighted by Gasteiger charge is -2.21. The molecule has 0 spiro atoms. The van der Waals surface area contributed by atoms with Crippen molar-refractivity contribution in [2.24, 2.45) is 0 Å². The van der Waals surface area contributed by atoms with E-state index in [1.165, 1.54) is 9.13 Å². The first-order chi connectivity index (χ1) is 9.11. The fourth-order valence-electron chi connectivity index (χ4n) is 2.03. The fourth-order valence-corrected chi connectivity index (χ4v) is 3.06. The first-order valence-corrected chi connectivity index (χ1v) is 7.89. The van der Waals surface area contributed by atoms with Gasteiger partial charge in [0, 0.05) is 13.6 Å². The van der Waals surface area contributed by atoms with Crippen LogP contribution in [0, 0.1) is 3.57 Å². The van der Waals surface area contributed by atoms with E-state index in [4.69, 9.17) is 23.2 Å². The van der Waals surface area contributed by atoms with Gasteiger partial charge < -0.3 is 5.32 Å². The Kier molecular flexibility index (Phi) is 5.51. The maximum atomic E-state index is 6.12. The van der Waals surface area contributed by atoms with Crippen molar-refractivity contribution < 1.29 is 0 Å². The highest BCUT2D eigenvalue weighted by Crippen LogP contribution is 2.29. The van der Waals surface area contributed by atoms with Crippen molar-refractivity contribution in [2.45, 2.75) is 13.0 Å². The molecular weight excluding hydrogens is 392 g/mol. The number of nitrogens with one attached hydrogen (secondary N) is 1. The Balaban J connectivity index is 2.48. The lowest BCUT2D eigenvalue weighted by atomic mass is 9.99. The van der Waals surface area contributed by atoms with E-state index in [0.717, 1.165) is 22.2 Å². The van der Waals surface area contributed by atoms with E-state index in [1.54, 1.807) is 0 Å². The summed E-state index contributed by atoms with van der Waals surface area (Å²) >= 11 is 14.6. The first kappa shape index (κ1) is 15.1. The average molecular weight is 406 g/mol. The van der Waals surface area contributed by atoms with Crippen LogP contribution in [0.1, 0.15) is 24.1 Å². The van der Waals surface area contributed by atoms with Gasteiger partial charge in [-0.05, 0) is 70.6 Å². The number of benzene rings is 2. The Labute approximate surface area is 137 Å². The largest absolute Gasteiger partial charge is 0.306 e. The van der Waals surface area contributed by atoms with Gasteiger partial charge in [-0.25, -0.2) is 0 Å². The van der Waals surface area contributed by atoms with Gasteiger partial charge in [0.25, 0.3) is 0 Å². The van der Waals surface area contributed by atoms with Gasteiger partial charge in [-0.3, -0.25) is 0 Å². The third-order valence-corrected chi connectivity index (χ3v) is 4.31. The first-order valence-electron chi connectivity index (χ1n) is 6.05. The second kappa shape index (κ2) is 6.93. The summed E-state index contributed by atoms with van der Waals surface area (Å²) in [7, 11) is 0. The lowest BCUT2D eigenvalue weighted by molar-refractivity contribution is 0.628. The zero-order valence-corrected chi connectivity index (χ0v) is 14.1. The molecule has 0 aliphatic heterocycles. The highest BCUT2D eigenvalue weighted by molar-refractivity contribution is 14.1. The van der Waals surface area contributed by atoms with Crippen LogP contribution in [0.3, 0.4) is 0 Å². The minimum atomic E-state index is 0.106. The summed E-state index contributed by atoms with van der Waals surface area (Å²) in [5.74, 6) is 0. The Morgan fingerprint density at radius 2 is 1.84 bits per heavy atom. The summed E-state index contributed by atoms with van der Waals surface area (Å²) in [5, 5.41) is 4.99. The topological polar surface area (TPSA) is 12.0 Å². The fraction of sp³-hybridized carbons (Fsp3) is 0.200. The van der Waals surface area contributed by atoms with Gasteiger partial charge in [-0.2, -0.15) is 0 Å². The molecule has 19 heavy (non-hydrogen) atoms. The molecule has 1 atom stereocenters. The minimum absolute atomic E-state index is 0.106. The molecule has 1 nitrogen and oxygen atoms in total. The minimum Gasteiger partial charge on any atom is -0.306 e. The molecule has 2 rings (SSSR count). The third kappa shape index (κ3) is 3.85. The van der Waals surface area contributed by atoms with Crippen molar-refractivity contribution in [3.63, 3.8) is 0 Å². The van der Waals surface area contributed by atoms with E-state index in [2.05, 4.69) is 40.9 Å². The van der Waals surface area contributed by atoms with Crippen LogP contribution in [0.5, 0.6) is 0 Å². The Morgan fingerprint density at radius 3 is 2.53 bits per heavy atom. The SMILES string of the molecule is CCNC(c1cccc(Cl)c1)c1cc(Cl)ccc1I. The summed E-state index contributed by atoms with van der Waals surface area (Å²) in [6.45, 7) is 2.97. The van der Waals surface area contributed by atoms with E-state index in [0.29, 0.717) is 0 Å². The van der Waals surface area contributed by atoms with E-state index in [9.17, 15) is 0 Å². The molecule has 0 radical (unpaired) electrons. The predicted octanol–water partition coefficient (Wildman–Crippen LogP) is 5.30. The predicted molar refractivity (Wildman–Crippen MR) is 91.1 cm³/mol. The van der Waals surface area contributed by atoms with E-state index in [1.807, 2.05) is 36.4 Å². The molecule has 0 aromatic heterocycles. The maximum absolute atomic E-state index is 6.12. The van der Waals surface area contributed by atoms with Crippen LogP contribution in [0.2, 0.25) is 10.0 Å². The van der Waals surface area contributed by atoms with Crippen LogP contribution in [0.25, 0.3) is 0 Å². The van der Waals surface area contributed by atoms with Crippen LogP contribution in [0.4, 0.5) is 0 Å². The normalized spacial score (nSPS) is 12.4. The zero-order chi connectivity index (χ0) is 13.8. The number of halogens is 3. The zero-order valence-electron chi connectivity index (χ0n) is 10.5. The molecule has 0 bridgehead atoms. The number of rotatable bonds is 4. The maximum Gasteiger partial charge on any atom is 0.0588 e. The molecule has 1 N–H and O–H groups in total. The summed E-state index contributed by atoms with van der Waals surface area (Å²) in [6.07, 6.45) is 0. The van der Waals surface area contributed by atoms with Gasteiger partial charge in [-0.15, -0.1) is 0 Å². The highest BCUT2D eigenvalue weighted by atomic mass is 127. The van der Waals surface area contributed by atoms with Crippen molar-refractivity contribution in [2.75, 3.05) is 6.54 Å². The van der Waals surface area contributed by atoms with Gasteiger partial charge in [0.2, 0.25) is 0 Å². The second-order valence-electron chi connectivity index (χ2n) is 4.21. The van der Waals surface area contributed by atoms with Crippen molar-refractivity contribution in [1.29, 1.82) is 0 Å². The van der Waals surface area contributed by atoms with E-state index < -0.39 is 0 Å². The smallest absolute Gasteiger partial charge is 0.0588 e. The standard InChI is InChI=1S/C15H14Cl2IN/c1-2-19-15(10-4-3-5-11(16)8-10)13-9-12(17)6-7-14(13)18/h3-9,15,19H,2H2,1H3. The monoisotopic (exact) mass is 405 g/mol. The molecule has 0 saturated heterocycles. The second-order valence-corrected chi connectivity index (χ2v) is 6.25. The quantitative estimate of drug-likeness (QED) is 0.680. The van der Waals surface area contributed by atoms with Crippen molar-refractivity contribution in [1.82, 2.24) is 5.32 Å². The summed E-state index contributed by atoms with van der Waals surface area (Å²) in [5.41, 5.74) is 2.33. The summed E-state index contributed by atoms with van der Waals surface area (Å²) < 4.78 is 1.19. The van der Waals surface area contributed by atoms with Crippen LogP contribution >= 0.6 is 45.8 Å². The van der Waals surface area contributed by atoms with Gasteiger partial charge in [0.05, 0.1) is 6.04 Å². The molecule has 0 amide bonds. The van der Waals surface area contributed by atoms with Crippen molar-refractivity contribution in [3.05, 3.63) is 67.2 Å². The molecule has 0 aliphatic carbocycles. The molecule has 0 aliphatic rings. The molecule has 4 heteroatoms. The van der Waals surface area contributed by atoms with Crippen LogP contribution in [0.15, 0.2) is 42.5 Å². The van der Waals surface area contributed by atoms with Crippen LogP contribution in [-0.2, 0) is 0 Å². The Hall–Kier alpha value is -0.290. The van der Waals surface area contributed by atoms with Crippen LogP contribution in [-0.4, -0.2) is 6.54 Å². The average Bonchev–Trinajstić information content (AvgIpc) is 2.39. The van der Waals surface area contributed by atoms with E-state index in [-0.39, 0.29) is 6.04 Å². The molecule has 0 saturated carbocycles. The molecular formula is C15H14Cl2IN. The van der Waals surface area contributed by atoms with E-state index >= 15 is 0 Å².